The van der Waals surface area contributed by atoms with Gasteiger partial charge in [-0.1, -0.05) is 0 Å². The molecule has 2 aliphatic heterocycles. The molecule has 2 aliphatic rings. The van der Waals surface area contributed by atoms with Crippen LogP contribution in [0, 0.1) is 11.8 Å². The number of carbonyl (C=O) groups excluding carboxylic acids is 1. The van der Waals surface area contributed by atoms with Gasteiger partial charge in [0.15, 0.2) is 0 Å². The van der Waals surface area contributed by atoms with Crippen molar-refractivity contribution in [3.8, 4) is 0 Å². The first-order valence-electron chi connectivity index (χ1n) is 8.33. The van der Waals surface area contributed by atoms with Gasteiger partial charge in [0.1, 0.15) is 5.76 Å². The molecule has 0 spiro atoms. The number of piperidine rings is 1. The number of hydrogen-bond acceptors (Lipinski definition) is 4. The lowest BCUT2D eigenvalue weighted by Crippen LogP contribution is -2.48. The van der Waals surface area contributed by atoms with E-state index in [4.69, 9.17) is 9.15 Å². The Morgan fingerprint density at radius 1 is 1.39 bits per heavy atom. The van der Waals surface area contributed by atoms with Gasteiger partial charge in [0.05, 0.1) is 25.5 Å². The molecule has 6 heteroatoms. The number of likely N-dealkylation sites (N-methyl/N-ethyl adjacent to an activating group) is 1. The highest BCUT2D eigenvalue weighted by molar-refractivity contribution is 5.73. The van der Waals surface area contributed by atoms with E-state index < -0.39 is 0 Å². The molecule has 0 radical (unpaired) electrons. The maximum atomic E-state index is 12.1. The van der Waals surface area contributed by atoms with Gasteiger partial charge in [0.25, 0.3) is 0 Å². The van der Waals surface area contributed by atoms with Gasteiger partial charge in [-0.05, 0) is 31.5 Å². The van der Waals surface area contributed by atoms with Crippen LogP contribution in [0.4, 0.5) is 4.79 Å². The predicted octanol–water partition coefficient (Wildman–Crippen LogP) is 1.73. The van der Waals surface area contributed by atoms with Gasteiger partial charge in [-0.3, -0.25) is 4.90 Å². The molecule has 1 aromatic rings. The summed E-state index contributed by atoms with van der Waals surface area (Å²) < 4.78 is 11.5. The van der Waals surface area contributed by atoms with Crippen LogP contribution >= 0.6 is 0 Å². The fourth-order valence-corrected chi connectivity index (χ4v) is 3.77. The quantitative estimate of drug-likeness (QED) is 0.847. The molecule has 0 bridgehead atoms. The average molecular weight is 321 g/mol. The molecule has 3 heterocycles. The molecule has 6 nitrogen and oxygen atoms in total. The van der Waals surface area contributed by atoms with Crippen LogP contribution in [0.2, 0.25) is 0 Å². The van der Waals surface area contributed by atoms with E-state index in [1.54, 1.807) is 11.2 Å². The zero-order valence-electron chi connectivity index (χ0n) is 14.3. The first kappa shape index (κ1) is 16.3. The van der Waals surface area contributed by atoms with Gasteiger partial charge < -0.3 is 19.0 Å². The van der Waals surface area contributed by atoms with Crippen molar-refractivity contribution in [2.24, 2.45) is 11.8 Å². The zero-order valence-corrected chi connectivity index (χ0v) is 14.3. The Balaban J connectivity index is 1.52. The number of furan rings is 1. The van der Waals surface area contributed by atoms with Crippen molar-refractivity contribution >= 4 is 6.03 Å². The van der Waals surface area contributed by atoms with Crippen molar-refractivity contribution in [2.75, 3.05) is 47.4 Å². The van der Waals surface area contributed by atoms with Crippen LogP contribution in [0.3, 0.4) is 0 Å². The molecule has 0 saturated carbocycles. The molecule has 0 aromatic carbocycles. The van der Waals surface area contributed by atoms with Crippen LogP contribution in [-0.2, 0) is 11.3 Å². The van der Waals surface area contributed by atoms with E-state index in [0.29, 0.717) is 11.8 Å². The minimum absolute atomic E-state index is 0.113. The highest BCUT2D eigenvalue weighted by Crippen LogP contribution is 2.35. The standard InChI is InChI=1S/C17H27N3O3/c1-18(2)17(21)20-7-6-15-13(9-20)12-23-16(15)11-19(3)10-14-5-4-8-22-14/h4-5,8,13,15-16H,6-7,9-12H2,1-3H3/t13-,15-,16+/m1/s1. The number of carbonyl (C=O) groups is 1. The van der Waals surface area contributed by atoms with E-state index in [1.807, 2.05) is 31.1 Å². The Labute approximate surface area is 138 Å². The summed E-state index contributed by atoms with van der Waals surface area (Å²) in [6, 6.07) is 4.03. The van der Waals surface area contributed by atoms with E-state index in [-0.39, 0.29) is 12.1 Å². The zero-order chi connectivity index (χ0) is 16.4. The minimum atomic E-state index is 0.113. The summed E-state index contributed by atoms with van der Waals surface area (Å²) in [5.41, 5.74) is 0. The van der Waals surface area contributed by atoms with E-state index in [9.17, 15) is 4.79 Å². The van der Waals surface area contributed by atoms with Gasteiger partial charge in [0.2, 0.25) is 0 Å². The van der Waals surface area contributed by atoms with Gasteiger partial charge in [-0.25, -0.2) is 4.79 Å². The minimum Gasteiger partial charge on any atom is -0.468 e. The maximum absolute atomic E-state index is 12.1. The fraction of sp³-hybridized carbons (Fsp3) is 0.706. The molecule has 1 aromatic heterocycles. The Morgan fingerprint density at radius 2 is 2.22 bits per heavy atom. The number of amides is 2. The average Bonchev–Trinajstić information content (AvgIpc) is 3.16. The van der Waals surface area contributed by atoms with Crippen LogP contribution in [0.25, 0.3) is 0 Å². The molecule has 3 rings (SSSR count). The van der Waals surface area contributed by atoms with Crippen LogP contribution < -0.4 is 0 Å². The lowest BCUT2D eigenvalue weighted by Gasteiger charge is -2.37. The summed E-state index contributed by atoms with van der Waals surface area (Å²) in [7, 11) is 5.72. The number of likely N-dealkylation sites (tertiary alicyclic amines) is 1. The molecule has 0 aliphatic carbocycles. The second-order valence-corrected chi connectivity index (χ2v) is 6.98. The first-order valence-corrected chi connectivity index (χ1v) is 8.33. The van der Waals surface area contributed by atoms with E-state index in [2.05, 4.69) is 11.9 Å². The van der Waals surface area contributed by atoms with Crippen molar-refractivity contribution in [3.63, 3.8) is 0 Å². The maximum Gasteiger partial charge on any atom is 0.319 e. The molecular weight excluding hydrogens is 294 g/mol. The Bertz CT molecular complexity index is 517. The van der Waals surface area contributed by atoms with Crippen LogP contribution in [0.15, 0.2) is 22.8 Å². The summed E-state index contributed by atoms with van der Waals surface area (Å²) in [5.74, 6) is 2.00. The largest absolute Gasteiger partial charge is 0.468 e. The molecule has 3 atom stereocenters. The SMILES string of the molecule is CN(Cc1ccco1)C[C@@H]1OC[C@H]2CN(C(=O)N(C)C)CC[C@H]21. The van der Waals surface area contributed by atoms with Crippen molar-refractivity contribution < 1.29 is 13.9 Å². The second kappa shape index (κ2) is 6.93. The van der Waals surface area contributed by atoms with Gasteiger partial charge in [0, 0.05) is 39.6 Å². The van der Waals surface area contributed by atoms with E-state index in [0.717, 1.165) is 45.0 Å². The summed E-state index contributed by atoms with van der Waals surface area (Å²) in [6.45, 7) is 4.13. The fourth-order valence-electron chi connectivity index (χ4n) is 3.77. The third-order valence-electron chi connectivity index (χ3n) is 4.95. The summed E-state index contributed by atoms with van der Waals surface area (Å²) in [6.07, 6.45) is 3.00. The third-order valence-corrected chi connectivity index (χ3v) is 4.95. The molecule has 128 valence electrons. The number of hydrogen-bond donors (Lipinski definition) is 0. The van der Waals surface area contributed by atoms with E-state index in [1.165, 1.54) is 0 Å². The first-order chi connectivity index (χ1) is 11.0. The summed E-state index contributed by atoms with van der Waals surface area (Å²) in [4.78, 5) is 18.0. The summed E-state index contributed by atoms with van der Waals surface area (Å²) in [5, 5.41) is 0. The number of nitrogens with zero attached hydrogens (tertiary/aromatic N) is 3. The van der Waals surface area contributed by atoms with Gasteiger partial charge >= 0.3 is 6.03 Å². The predicted molar refractivity (Wildman–Crippen MR) is 87.0 cm³/mol. The highest BCUT2D eigenvalue weighted by atomic mass is 16.5. The van der Waals surface area contributed by atoms with Crippen molar-refractivity contribution in [1.29, 1.82) is 0 Å². The monoisotopic (exact) mass is 321 g/mol. The number of urea groups is 1. The Hall–Kier alpha value is -1.53. The number of ether oxygens (including phenoxy) is 1. The highest BCUT2D eigenvalue weighted by Gasteiger charge is 2.42. The van der Waals surface area contributed by atoms with E-state index >= 15 is 0 Å². The molecule has 0 N–H and O–H groups in total. The van der Waals surface area contributed by atoms with Gasteiger partial charge in [-0.15, -0.1) is 0 Å². The molecule has 2 amide bonds. The van der Waals surface area contributed by atoms with Crippen LogP contribution in [-0.4, -0.2) is 74.2 Å². The second-order valence-electron chi connectivity index (χ2n) is 6.98. The molecular formula is C17H27N3O3. The number of rotatable bonds is 4. The summed E-state index contributed by atoms with van der Waals surface area (Å²) >= 11 is 0. The lowest BCUT2D eigenvalue weighted by atomic mass is 9.84. The smallest absolute Gasteiger partial charge is 0.319 e. The topological polar surface area (TPSA) is 49.2 Å². The molecule has 23 heavy (non-hydrogen) atoms. The third kappa shape index (κ3) is 3.70. The Morgan fingerprint density at radius 3 is 2.91 bits per heavy atom. The Kier molecular flexibility index (Phi) is 4.92. The molecule has 2 saturated heterocycles. The van der Waals surface area contributed by atoms with Crippen molar-refractivity contribution in [1.82, 2.24) is 14.7 Å². The molecule has 2 fully saturated rings. The van der Waals surface area contributed by atoms with Crippen molar-refractivity contribution in [3.05, 3.63) is 24.2 Å². The lowest BCUT2D eigenvalue weighted by molar-refractivity contribution is 0.0543. The normalized spacial score (nSPS) is 27.3. The van der Waals surface area contributed by atoms with Crippen molar-refractivity contribution in [2.45, 2.75) is 19.1 Å². The molecule has 0 unspecified atom stereocenters. The number of fused-ring (bicyclic) bond motifs is 1. The van der Waals surface area contributed by atoms with Crippen LogP contribution in [0.1, 0.15) is 12.2 Å². The van der Waals surface area contributed by atoms with Crippen LogP contribution in [0.5, 0.6) is 0 Å². The van der Waals surface area contributed by atoms with Gasteiger partial charge in [-0.2, -0.15) is 0 Å².